The van der Waals surface area contributed by atoms with E-state index in [1.165, 1.54) is 36.3 Å². The number of amides is 2. The van der Waals surface area contributed by atoms with Gasteiger partial charge in [-0.15, -0.1) is 0 Å². The zero-order valence-electron chi connectivity index (χ0n) is 22.9. The lowest BCUT2D eigenvalue weighted by Gasteiger charge is -2.32. The third-order valence-corrected chi connectivity index (χ3v) is 8.87. The summed E-state index contributed by atoms with van der Waals surface area (Å²) < 4.78 is 34.1. The lowest BCUT2D eigenvalue weighted by molar-refractivity contribution is -0.139. The van der Waals surface area contributed by atoms with Gasteiger partial charge in [0.05, 0.1) is 27.7 Å². The molecule has 0 fully saturated rings. The molecule has 11 heteroatoms. The lowest BCUT2D eigenvalue weighted by atomic mass is 10.1. The Morgan fingerprint density at radius 1 is 1.02 bits per heavy atom. The maximum Gasteiger partial charge on any atom is 0.264 e. The molecule has 0 aliphatic carbocycles. The fraction of sp³-hybridized carbons (Fsp3) is 0.310. The van der Waals surface area contributed by atoms with Crippen molar-refractivity contribution in [3.63, 3.8) is 0 Å². The predicted molar refractivity (Wildman–Crippen MR) is 158 cm³/mol. The van der Waals surface area contributed by atoms with Crippen molar-refractivity contribution in [2.75, 3.05) is 24.5 Å². The minimum absolute atomic E-state index is 0.0132. The van der Waals surface area contributed by atoms with Crippen LogP contribution in [-0.2, 0) is 26.2 Å². The number of nitrogens with one attached hydrogen (secondary N) is 1. The van der Waals surface area contributed by atoms with Crippen molar-refractivity contribution in [3.8, 4) is 5.75 Å². The van der Waals surface area contributed by atoms with Gasteiger partial charge in [-0.05, 0) is 62.2 Å². The smallest absolute Gasteiger partial charge is 0.264 e. The zero-order chi connectivity index (χ0) is 29.4. The lowest BCUT2D eigenvalue weighted by Crippen LogP contribution is -2.51. The molecule has 0 heterocycles. The number of halogens is 2. The van der Waals surface area contributed by atoms with E-state index in [0.717, 1.165) is 16.3 Å². The molecule has 0 bridgehead atoms. The second-order valence-corrected chi connectivity index (χ2v) is 11.9. The number of rotatable bonds is 12. The molecule has 3 rings (SSSR count). The standard InChI is InChI=1S/C29H33Cl2N3O5S/c1-5-16-32-29(36)21(3)33(18-22-8-6-9-23(17-22)39-4)27(35)19-34(26-11-7-10-25(30)28(26)31)40(37,38)24-14-12-20(2)13-15-24/h6-15,17,21H,5,16,18-19H2,1-4H3,(H,32,36)/t21-/m0/s1. The number of aryl methyl sites for hydroxylation is 1. The van der Waals surface area contributed by atoms with Crippen LogP contribution in [0.15, 0.2) is 71.6 Å². The normalized spacial score (nSPS) is 11.9. The molecule has 0 unspecified atom stereocenters. The van der Waals surface area contributed by atoms with Crippen LogP contribution in [0.5, 0.6) is 5.75 Å². The summed E-state index contributed by atoms with van der Waals surface area (Å²) in [7, 11) is -2.73. The summed E-state index contributed by atoms with van der Waals surface area (Å²) in [5, 5.41) is 2.93. The first-order valence-electron chi connectivity index (χ1n) is 12.7. The van der Waals surface area contributed by atoms with Crippen molar-refractivity contribution in [2.24, 2.45) is 0 Å². The SMILES string of the molecule is CCCNC(=O)[C@H](C)N(Cc1cccc(OC)c1)C(=O)CN(c1cccc(Cl)c1Cl)S(=O)(=O)c1ccc(C)cc1. The van der Waals surface area contributed by atoms with Gasteiger partial charge < -0.3 is 15.0 Å². The molecule has 3 aromatic carbocycles. The fourth-order valence-electron chi connectivity index (χ4n) is 3.98. The quantitative estimate of drug-likeness (QED) is 0.296. The van der Waals surface area contributed by atoms with E-state index in [1.54, 1.807) is 49.4 Å². The Balaban J connectivity index is 2.07. The molecule has 0 aromatic heterocycles. The molecule has 3 aromatic rings. The molecular formula is C29H33Cl2N3O5S. The minimum Gasteiger partial charge on any atom is -0.497 e. The van der Waals surface area contributed by atoms with Crippen LogP contribution in [0.25, 0.3) is 0 Å². The summed E-state index contributed by atoms with van der Waals surface area (Å²) in [5.74, 6) is -0.372. The molecule has 0 spiro atoms. The predicted octanol–water partition coefficient (Wildman–Crippen LogP) is 5.45. The molecular weight excluding hydrogens is 573 g/mol. The van der Waals surface area contributed by atoms with E-state index < -0.39 is 28.5 Å². The monoisotopic (exact) mass is 605 g/mol. The average Bonchev–Trinajstić information content (AvgIpc) is 2.94. The van der Waals surface area contributed by atoms with Gasteiger partial charge in [0.2, 0.25) is 11.8 Å². The second kappa shape index (κ2) is 13.9. The minimum atomic E-state index is -4.26. The number of anilines is 1. The molecule has 8 nitrogen and oxygen atoms in total. The Labute approximate surface area is 245 Å². The molecule has 0 aliphatic rings. The van der Waals surface area contributed by atoms with Crippen molar-refractivity contribution in [1.29, 1.82) is 0 Å². The Morgan fingerprint density at radius 2 is 1.70 bits per heavy atom. The van der Waals surface area contributed by atoms with Crippen LogP contribution in [0.2, 0.25) is 10.0 Å². The molecule has 0 aliphatic heterocycles. The van der Waals surface area contributed by atoms with E-state index in [2.05, 4.69) is 5.32 Å². The third-order valence-electron chi connectivity index (χ3n) is 6.29. The first kappa shape index (κ1) is 31.3. The highest BCUT2D eigenvalue weighted by atomic mass is 35.5. The van der Waals surface area contributed by atoms with E-state index in [4.69, 9.17) is 27.9 Å². The maximum absolute atomic E-state index is 14.0. The van der Waals surface area contributed by atoms with Crippen LogP contribution in [0.4, 0.5) is 5.69 Å². The van der Waals surface area contributed by atoms with Gasteiger partial charge in [0.25, 0.3) is 10.0 Å². The van der Waals surface area contributed by atoms with E-state index >= 15 is 0 Å². The largest absolute Gasteiger partial charge is 0.497 e. The maximum atomic E-state index is 14.0. The first-order chi connectivity index (χ1) is 19.0. The van der Waals surface area contributed by atoms with Crippen molar-refractivity contribution in [1.82, 2.24) is 10.2 Å². The molecule has 0 radical (unpaired) electrons. The first-order valence-corrected chi connectivity index (χ1v) is 14.9. The van der Waals surface area contributed by atoms with E-state index in [0.29, 0.717) is 17.9 Å². The van der Waals surface area contributed by atoms with Gasteiger partial charge in [0, 0.05) is 13.1 Å². The molecule has 1 atom stereocenters. The number of ether oxygens (including phenoxy) is 1. The number of benzene rings is 3. The van der Waals surface area contributed by atoms with E-state index in [9.17, 15) is 18.0 Å². The number of hydrogen-bond donors (Lipinski definition) is 1. The number of nitrogens with zero attached hydrogens (tertiary/aromatic N) is 2. The number of carbonyl (C=O) groups is 2. The number of methoxy groups -OCH3 is 1. The fourth-order valence-corrected chi connectivity index (χ4v) is 5.86. The van der Waals surface area contributed by atoms with Gasteiger partial charge in [0.15, 0.2) is 0 Å². The van der Waals surface area contributed by atoms with Crippen molar-refractivity contribution in [2.45, 2.75) is 44.7 Å². The molecule has 1 N–H and O–H groups in total. The Morgan fingerprint density at radius 3 is 2.35 bits per heavy atom. The van der Waals surface area contributed by atoms with Crippen LogP contribution in [0.1, 0.15) is 31.4 Å². The summed E-state index contributed by atoms with van der Waals surface area (Å²) in [6.45, 7) is 5.23. The highest BCUT2D eigenvalue weighted by Crippen LogP contribution is 2.35. The van der Waals surface area contributed by atoms with Crippen molar-refractivity contribution < 1.29 is 22.7 Å². The Hall–Kier alpha value is -3.27. The van der Waals surface area contributed by atoms with E-state index in [-0.39, 0.29) is 33.1 Å². The van der Waals surface area contributed by atoms with Crippen LogP contribution < -0.4 is 14.4 Å². The van der Waals surface area contributed by atoms with E-state index in [1.807, 2.05) is 13.8 Å². The summed E-state index contributed by atoms with van der Waals surface area (Å²) in [4.78, 5) is 28.3. The molecule has 40 heavy (non-hydrogen) atoms. The Kier molecular flexibility index (Phi) is 10.8. The van der Waals surface area contributed by atoms with Crippen LogP contribution in [0.3, 0.4) is 0 Å². The molecule has 2 amide bonds. The highest BCUT2D eigenvalue weighted by molar-refractivity contribution is 7.92. The van der Waals surface area contributed by atoms with Gasteiger partial charge in [0.1, 0.15) is 18.3 Å². The Bertz CT molecular complexity index is 1450. The second-order valence-electron chi connectivity index (χ2n) is 9.24. The number of carbonyl (C=O) groups excluding carboxylic acids is 2. The summed E-state index contributed by atoms with van der Waals surface area (Å²) >= 11 is 12.7. The van der Waals surface area contributed by atoms with Gasteiger partial charge in [-0.2, -0.15) is 0 Å². The summed E-state index contributed by atoms with van der Waals surface area (Å²) in [5.41, 5.74) is 1.63. The van der Waals surface area contributed by atoms with Gasteiger partial charge >= 0.3 is 0 Å². The average molecular weight is 607 g/mol. The van der Waals surface area contributed by atoms with Gasteiger partial charge in [-0.3, -0.25) is 13.9 Å². The summed E-state index contributed by atoms with van der Waals surface area (Å²) in [6.07, 6.45) is 0.720. The van der Waals surface area contributed by atoms with Crippen LogP contribution in [-0.4, -0.2) is 51.4 Å². The zero-order valence-corrected chi connectivity index (χ0v) is 25.2. The number of hydrogen-bond acceptors (Lipinski definition) is 5. The highest BCUT2D eigenvalue weighted by Gasteiger charge is 2.33. The van der Waals surface area contributed by atoms with Crippen LogP contribution in [0, 0.1) is 6.92 Å². The topological polar surface area (TPSA) is 96.0 Å². The summed E-state index contributed by atoms with van der Waals surface area (Å²) in [6, 6.07) is 17.0. The molecule has 0 saturated heterocycles. The molecule has 0 saturated carbocycles. The third kappa shape index (κ3) is 7.47. The number of sulfonamides is 1. The van der Waals surface area contributed by atoms with Gasteiger partial charge in [-0.25, -0.2) is 8.42 Å². The van der Waals surface area contributed by atoms with Crippen molar-refractivity contribution >= 4 is 50.7 Å². The van der Waals surface area contributed by atoms with Gasteiger partial charge in [-0.1, -0.05) is 66.0 Å². The van der Waals surface area contributed by atoms with Crippen molar-refractivity contribution in [3.05, 3.63) is 87.9 Å². The molecule has 214 valence electrons. The van der Waals surface area contributed by atoms with Crippen LogP contribution >= 0.6 is 23.2 Å².